The van der Waals surface area contributed by atoms with E-state index in [2.05, 4.69) is 23.7 Å². The summed E-state index contributed by atoms with van der Waals surface area (Å²) in [5, 5.41) is 9.17. The first-order valence-corrected chi connectivity index (χ1v) is 9.04. The van der Waals surface area contributed by atoms with Crippen molar-refractivity contribution in [3.63, 3.8) is 0 Å². The molecule has 2 aromatic carbocycles. The second kappa shape index (κ2) is 10.6. The van der Waals surface area contributed by atoms with Crippen molar-refractivity contribution in [1.82, 2.24) is 4.90 Å². The van der Waals surface area contributed by atoms with Gasteiger partial charge in [0.25, 0.3) is 0 Å². The lowest BCUT2D eigenvalue weighted by molar-refractivity contribution is -0.144. The van der Waals surface area contributed by atoms with Gasteiger partial charge < -0.3 is 10.0 Å². The quantitative estimate of drug-likeness (QED) is 0.756. The molecule has 0 saturated heterocycles. The van der Waals surface area contributed by atoms with Crippen molar-refractivity contribution in [2.45, 2.75) is 33.2 Å². The van der Waals surface area contributed by atoms with Crippen molar-refractivity contribution in [2.24, 2.45) is 0 Å². The Labute approximate surface area is 166 Å². The lowest BCUT2D eigenvalue weighted by Gasteiger charge is -2.21. The van der Waals surface area contributed by atoms with Gasteiger partial charge in [-0.1, -0.05) is 36.1 Å². The van der Waals surface area contributed by atoms with Crippen molar-refractivity contribution in [3.05, 3.63) is 70.8 Å². The van der Waals surface area contributed by atoms with Crippen LogP contribution in [0.3, 0.4) is 0 Å². The number of nitrogens with zero attached hydrogens (tertiary/aromatic N) is 1. The molecule has 0 atom stereocenters. The monoisotopic (exact) mass is 373 g/mol. The van der Waals surface area contributed by atoms with E-state index in [9.17, 15) is 9.59 Å². The second-order valence-corrected chi connectivity index (χ2v) is 6.29. The molecule has 0 aromatic heterocycles. The van der Waals surface area contributed by atoms with Crippen LogP contribution in [0.4, 0.5) is 0 Å². The molecule has 28 heavy (non-hydrogen) atoms. The molecule has 0 aliphatic heterocycles. The van der Waals surface area contributed by atoms with E-state index in [4.69, 9.17) is 5.11 Å². The van der Waals surface area contributed by atoms with E-state index >= 15 is 0 Å². The highest BCUT2D eigenvalue weighted by atomic mass is 16.4. The Morgan fingerprint density at radius 1 is 0.857 bits per heavy atom. The molecule has 0 aliphatic carbocycles. The third-order valence-corrected chi connectivity index (χ3v) is 4.13. The van der Waals surface area contributed by atoms with E-state index < -0.39 is 5.97 Å². The summed E-state index contributed by atoms with van der Waals surface area (Å²) in [4.78, 5) is 25.2. The smallest absolute Gasteiger partial charge is 0.323 e. The maximum absolute atomic E-state index is 12.6. The standard InChI is InChI=1S/C24H23NO3/c1-3-5-19-7-9-21(10-8-19)15-16-23(26)25(18-24(27)28)17-22-13-11-20(6-4-2)12-14-22/h7-14H,15-18H2,1-2H3,(H,27,28). The number of aliphatic carboxylic acids is 1. The molecule has 0 heterocycles. The van der Waals surface area contributed by atoms with Crippen molar-refractivity contribution in [2.75, 3.05) is 6.54 Å². The summed E-state index contributed by atoms with van der Waals surface area (Å²) in [5.74, 6) is 10.4. The van der Waals surface area contributed by atoms with Gasteiger partial charge in [0, 0.05) is 24.1 Å². The minimum absolute atomic E-state index is 0.183. The molecule has 4 heteroatoms. The fraction of sp³-hybridized carbons (Fsp3) is 0.250. The first-order valence-electron chi connectivity index (χ1n) is 9.04. The van der Waals surface area contributed by atoms with Gasteiger partial charge in [-0.2, -0.15) is 0 Å². The van der Waals surface area contributed by atoms with E-state index in [1.165, 1.54) is 4.90 Å². The number of amides is 1. The van der Waals surface area contributed by atoms with E-state index in [-0.39, 0.29) is 25.4 Å². The number of carbonyl (C=O) groups excluding carboxylic acids is 1. The molecule has 0 radical (unpaired) electrons. The van der Waals surface area contributed by atoms with Gasteiger partial charge in [-0.15, -0.1) is 11.8 Å². The van der Waals surface area contributed by atoms with Crippen LogP contribution in [0.25, 0.3) is 0 Å². The number of hydrogen-bond donors (Lipinski definition) is 1. The Kier molecular flexibility index (Phi) is 7.88. The summed E-state index contributed by atoms with van der Waals surface area (Å²) in [7, 11) is 0. The highest BCUT2D eigenvalue weighted by molar-refractivity contribution is 5.81. The second-order valence-electron chi connectivity index (χ2n) is 6.29. The van der Waals surface area contributed by atoms with Crippen molar-refractivity contribution < 1.29 is 14.7 Å². The zero-order valence-electron chi connectivity index (χ0n) is 16.2. The largest absolute Gasteiger partial charge is 0.480 e. The normalized spacial score (nSPS) is 9.50. The van der Waals surface area contributed by atoms with Gasteiger partial charge in [-0.25, -0.2) is 0 Å². The van der Waals surface area contributed by atoms with Crippen molar-refractivity contribution in [3.8, 4) is 23.7 Å². The van der Waals surface area contributed by atoms with Crippen molar-refractivity contribution >= 4 is 11.9 Å². The Balaban J connectivity index is 2.01. The minimum Gasteiger partial charge on any atom is -0.480 e. The topological polar surface area (TPSA) is 57.6 Å². The zero-order chi connectivity index (χ0) is 20.4. The van der Waals surface area contributed by atoms with Gasteiger partial charge in [-0.05, 0) is 55.7 Å². The van der Waals surface area contributed by atoms with Gasteiger partial charge in [0.05, 0.1) is 0 Å². The summed E-state index contributed by atoms with van der Waals surface area (Å²) >= 11 is 0. The van der Waals surface area contributed by atoms with E-state index in [0.29, 0.717) is 6.42 Å². The summed E-state index contributed by atoms with van der Waals surface area (Å²) in [6, 6.07) is 15.2. The van der Waals surface area contributed by atoms with Gasteiger partial charge >= 0.3 is 5.97 Å². The van der Waals surface area contributed by atoms with Crippen LogP contribution in [0, 0.1) is 23.7 Å². The molecule has 2 rings (SSSR count). The van der Waals surface area contributed by atoms with Crippen LogP contribution in [-0.4, -0.2) is 28.4 Å². The number of benzene rings is 2. The van der Waals surface area contributed by atoms with Crippen LogP contribution in [0.15, 0.2) is 48.5 Å². The van der Waals surface area contributed by atoms with Gasteiger partial charge in [0.2, 0.25) is 5.91 Å². The van der Waals surface area contributed by atoms with Gasteiger partial charge in [0.1, 0.15) is 6.54 Å². The van der Waals surface area contributed by atoms with Crippen LogP contribution in [0.2, 0.25) is 0 Å². The van der Waals surface area contributed by atoms with E-state index in [1.54, 1.807) is 13.8 Å². The Morgan fingerprint density at radius 3 is 1.82 bits per heavy atom. The number of rotatable bonds is 7. The molecular formula is C24H23NO3. The molecule has 2 aromatic rings. The molecule has 0 aliphatic rings. The number of hydrogen-bond acceptors (Lipinski definition) is 2. The molecule has 1 N–H and O–H groups in total. The molecule has 0 fully saturated rings. The number of carbonyl (C=O) groups is 2. The molecule has 0 bridgehead atoms. The Bertz CT molecular complexity index is 936. The SMILES string of the molecule is CC#Cc1ccc(CCC(=O)N(CC(=O)O)Cc2ccc(C#CC)cc2)cc1. The van der Waals surface area contributed by atoms with Crippen molar-refractivity contribution in [1.29, 1.82) is 0 Å². The van der Waals surface area contributed by atoms with Crippen LogP contribution in [-0.2, 0) is 22.6 Å². The van der Waals surface area contributed by atoms with Gasteiger partial charge in [-0.3, -0.25) is 9.59 Å². The fourth-order valence-electron chi connectivity index (χ4n) is 2.76. The zero-order valence-corrected chi connectivity index (χ0v) is 16.2. The molecule has 142 valence electrons. The number of carboxylic acids is 1. The third kappa shape index (κ3) is 6.67. The Morgan fingerprint density at radius 2 is 1.36 bits per heavy atom. The third-order valence-electron chi connectivity index (χ3n) is 4.13. The fourth-order valence-corrected chi connectivity index (χ4v) is 2.76. The van der Waals surface area contributed by atoms with Crippen LogP contribution < -0.4 is 0 Å². The molecular weight excluding hydrogens is 350 g/mol. The maximum atomic E-state index is 12.6. The summed E-state index contributed by atoms with van der Waals surface area (Å²) < 4.78 is 0. The summed E-state index contributed by atoms with van der Waals surface area (Å²) in [5.41, 5.74) is 3.71. The Hall–Kier alpha value is -3.50. The maximum Gasteiger partial charge on any atom is 0.323 e. The molecule has 1 amide bonds. The highest BCUT2D eigenvalue weighted by Gasteiger charge is 2.17. The first-order chi connectivity index (χ1) is 13.5. The molecule has 0 saturated carbocycles. The minimum atomic E-state index is -1.02. The van der Waals surface area contributed by atoms with Crippen LogP contribution in [0.5, 0.6) is 0 Å². The molecule has 0 spiro atoms. The van der Waals surface area contributed by atoms with Crippen LogP contribution >= 0.6 is 0 Å². The predicted octanol–water partition coefficient (Wildman–Crippen LogP) is 3.48. The average molecular weight is 373 g/mol. The molecule has 4 nitrogen and oxygen atoms in total. The predicted molar refractivity (Wildman–Crippen MR) is 109 cm³/mol. The molecule has 0 unspecified atom stereocenters. The number of aryl methyl sites for hydroxylation is 1. The number of carboxylic acid groups (broad SMARTS) is 1. The van der Waals surface area contributed by atoms with Gasteiger partial charge in [0.15, 0.2) is 0 Å². The van der Waals surface area contributed by atoms with E-state index in [1.807, 2.05) is 48.5 Å². The lowest BCUT2D eigenvalue weighted by Crippen LogP contribution is -2.35. The summed E-state index contributed by atoms with van der Waals surface area (Å²) in [6.07, 6.45) is 0.811. The highest BCUT2D eigenvalue weighted by Crippen LogP contribution is 2.11. The lowest BCUT2D eigenvalue weighted by atomic mass is 10.1. The van der Waals surface area contributed by atoms with Crippen LogP contribution in [0.1, 0.15) is 42.5 Å². The van der Waals surface area contributed by atoms with E-state index in [0.717, 1.165) is 22.3 Å². The average Bonchev–Trinajstić information content (AvgIpc) is 2.68. The first kappa shape index (κ1) is 20.8. The summed E-state index contributed by atoms with van der Waals surface area (Å²) in [6.45, 7) is 3.50.